The van der Waals surface area contributed by atoms with Crippen LogP contribution in [0.4, 0.5) is 11.4 Å². The van der Waals surface area contributed by atoms with Crippen molar-refractivity contribution in [2.24, 2.45) is 0 Å². The van der Waals surface area contributed by atoms with Crippen LogP contribution in [-0.2, 0) is 0 Å². The minimum Gasteiger partial charge on any atom is -0.397 e. The molecule has 0 aliphatic carbocycles. The number of nitrogens with two attached hydrogens (primary N) is 1. The highest BCUT2D eigenvalue weighted by atomic mass is 79.9. The molecule has 0 radical (unpaired) electrons. The van der Waals surface area contributed by atoms with Gasteiger partial charge in [0.25, 0.3) is 0 Å². The first kappa shape index (κ1) is 12.5. The summed E-state index contributed by atoms with van der Waals surface area (Å²) in [6.45, 7) is 2.17. The average molecular weight is 311 g/mol. The van der Waals surface area contributed by atoms with Gasteiger partial charge in [-0.1, -0.05) is 28.9 Å². The third-order valence-corrected chi connectivity index (χ3v) is 4.12. The number of hydrogen-bond acceptors (Lipinski definition) is 3. The van der Waals surface area contributed by atoms with Gasteiger partial charge in [-0.25, -0.2) is 0 Å². The standard InChI is InChI=1S/C13H15BrN2S/c1-2-11(13-4-3-7-17-13)16-12-8-9(14)5-6-10(12)15/h3-8,11,16H,2,15H2,1H3. The van der Waals surface area contributed by atoms with Gasteiger partial charge in [-0.15, -0.1) is 11.3 Å². The summed E-state index contributed by atoms with van der Waals surface area (Å²) in [4.78, 5) is 1.34. The molecule has 0 aliphatic rings. The number of rotatable bonds is 4. The molecule has 1 aromatic heterocycles. The van der Waals surface area contributed by atoms with Crippen molar-refractivity contribution in [3.8, 4) is 0 Å². The molecule has 0 bridgehead atoms. The Morgan fingerprint density at radius 2 is 2.24 bits per heavy atom. The van der Waals surface area contributed by atoms with Crippen molar-refractivity contribution >= 4 is 38.6 Å². The summed E-state index contributed by atoms with van der Waals surface area (Å²) in [5.74, 6) is 0. The molecule has 2 aromatic rings. The molecule has 0 aliphatic heterocycles. The van der Waals surface area contributed by atoms with E-state index < -0.39 is 0 Å². The molecule has 0 spiro atoms. The Morgan fingerprint density at radius 1 is 1.41 bits per heavy atom. The molecule has 2 nitrogen and oxygen atoms in total. The number of nitrogen functional groups attached to an aromatic ring is 1. The number of halogens is 1. The Morgan fingerprint density at radius 3 is 2.88 bits per heavy atom. The van der Waals surface area contributed by atoms with E-state index >= 15 is 0 Å². The largest absolute Gasteiger partial charge is 0.397 e. The maximum Gasteiger partial charge on any atom is 0.0604 e. The van der Waals surface area contributed by atoms with Gasteiger partial charge in [0.05, 0.1) is 17.4 Å². The Hall–Kier alpha value is -1.00. The molecule has 4 heteroatoms. The smallest absolute Gasteiger partial charge is 0.0604 e. The van der Waals surface area contributed by atoms with Crippen LogP contribution < -0.4 is 11.1 Å². The second-order valence-corrected chi connectivity index (χ2v) is 5.75. The van der Waals surface area contributed by atoms with Crippen LogP contribution >= 0.6 is 27.3 Å². The molecule has 1 heterocycles. The molecule has 3 N–H and O–H groups in total. The van der Waals surface area contributed by atoms with Crippen molar-refractivity contribution in [2.45, 2.75) is 19.4 Å². The van der Waals surface area contributed by atoms with Crippen molar-refractivity contribution in [3.05, 3.63) is 45.1 Å². The van der Waals surface area contributed by atoms with Gasteiger partial charge in [0.1, 0.15) is 0 Å². The third kappa shape index (κ3) is 3.01. The van der Waals surface area contributed by atoms with Crippen LogP contribution in [0.3, 0.4) is 0 Å². The van der Waals surface area contributed by atoms with Gasteiger partial charge < -0.3 is 11.1 Å². The third-order valence-electron chi connectivity index (χ3n) is 2.64. The molecule has 0 saturated heterocycles. The summed E-state index contributed by atoms with van der Waals surface area (Å²) < 4.78 is 1.04. The zero-order chi connectivity index (χ0) is 12.3. The summed E-state index contributed by atoms with van der Waals surface area (Å²) >= 11 is 5.23. The van der Waals surface area contributed by atoms with Crippen LogP contribution in [0, 0.1) is 0 Å². The van der Waals surface area contributed by atoms with Gasteiger partial charge in [-0.2, -0.15) is 0 Å². The fourth-order valence-electron chi connectivity index (χ4n) is 1.71. The summed E-state index contributed by atoms with van der Waals surface area (Å²) in [7, 11) is 0. The summed E-state index contributed by atoms with van der Waals surface area (Å²) in [5, 5.41) is 5.60. The van der Waals surface area contributed by atoms with E-state index in [-0.39, 0.29) is 0 Å². The average Bonchev–Trinajstić information content (AvgIpc) is 2.84. The number of benzene rings is 1. The highest BCUT2D eigenvalue weighted by molar-refractivity contribution is 9.10. The molecule has 2 rings (SSSR count). The highest BCUT2D eigenvalue weighted by Crippen LogP contribution is 2.30. The summed E-state index contributed by atoms with van der Waals surface area (Å²) in [6.07, 6.45) is 1.03. The quantitative estimate of drug-likeness (QED) is 0.806. The van der Waals surface area contributed by atoms with Crippen LogP contribution in [0.2, 0.25) is 0 Å². The van der Waals surface area contributed by atoms with Crippen molar-refractivity contribution < 1.29 is 0 Å². The van der Waals surface area contributed by atoms with Gasteiger partial charge in [0, 0.05) is 9.35 Å². The van der Waals surface area contributed by atoms with Crippen LogP contribution in [0.25, 0.3) is 0 Å². The van der Waals surface area contributed by atoms with E-state index in [0.717, 1.165) is 22.3 Å². The van der Waals surface area contributed by atoms with Crippen molar-refractivity contribution in [1.29, 1.82) is 0 Å². The molecule has 17 heavy (non-hydrogen) atoms. The predicted molar refractivity (Wildman–Crippen MR) is 79.5 cm³/mol. The first-order chi connectivity index (χ1) is 8.20. The van der Waals surface area contributed by atoms with Crippen molar-refractivity contribution in [2.75, 3.05) is 11.1 Å². The Kier molecular flexibility index (Phi) is 4.07. The van der Waals surface area contributed by atoms with Gasteiger partial charge in [0.2, 0.25) is 0 Å². The topological polar surface area (TPSA) is 38.0 Å². The maximum absolute atomic E-state index is 5.97. The number of nitrogens with one attached hydrogen (secondary N) is 1. The van der Waals surface area contributed by atoms with Crippen LogP contribution in [0.15, 0.2) is 40.2 Å². The SMILES string of the molecule is CCC(Nc1cc(Br)ccc1N)c1cccs1. The number of hydrogen-bond donors (Lipinski definition) is 2. The lowest BCUT2D eigenvalue weighted by atomic mass is 10.1. The molecular formula is C13H15BrN2S. The van der Waals surface area contributed by atoms with E-state index in [0.29, 0.717) is 6.04 Å². The van der Waals surface area contributed by atoms with E-state index in [4.69, 9.17) is 5.73 Å². The zero-order valence-corrected chi connectivity index (χ0v) is 12.0. The van der Waals surface area contributed by atoms with Crippen molar-refractivity contribution in [1.82, 2.24) is 0 Å². The minimum absolute atomic E-state index is 0.326. The second kappa shape index (κ2) is 5.56. The molecular weight excluding hydrogens is 296 g/mol. The molecule has 0 fully saturated rings. The Bertz CT molecular complexity index is 482. The zero-order valence-electron chi connectivity index (χ0n) is 9.61. The number of thiophene rings is 1. The monoisotopic (exact) mass is 310 g/mol. The summed E-state index contributed by atoms with van der Waals surface area (Å²) in [5.41, 5.74) is 7.73. The second-order valence-electron chi connectivity index (χ2n) is 3.85. The summed E-state index contributed by atoms with van der Waals surface area (Å²) in [6, 6.07) is 10.4. The fraction of sp³-hybridized carbons (Fsp3) is 0.231. The normalized spacial score (nSPS) is 12.4. The Labute approximate surface area is 114 Å². The molecule has 1 atom stereocenters. The number of anilines is 2. The van der Waals surface area contributed by atoms with Crippen molar-refractivity contribution in [3.63, 3.8) is 0 Å². The van der Waals surface area contributed by atoms with E-state index in [1.165, 1.54) is 4.88 Å². The lowest BCUT2D eigenvalue weighted by Crippen LogP contribution is -2.09. The van der Waals surface area contributed by atoms with Gasteiger partial charge in [-0.05, 0) is 36.1 Å². The molecule has 1 unspecified atom stereocenters. The van der Waals surface area contributed by atoms with Crippen LogP contribution in [0.1, 0.15) is 24.3 Å². The fourth-order valence-corrected chi connectivity index (χ4v) is 2.93. The molecule has 0 amide bonds. The van der Waals surface area contributed by atoms with Gasteiger partial charge >= 0.3 is 0 Å². The van der Waals surface area contributed by atoms with Crippen LogP contribution in [0.5, 0.6) is 0 Å². The molecule has 0 saturated carbocycles. The first-order valence-electron chi connectivity index (χ1n) is 5.55. The predicted octanol–water partition coefficient (Wildman–Crippen LogP) is 4.66. The lowest BCUT2D eigenvalue weighted by Gasteiger charge is -2.18. The van der Waals surface area contributed by atoms with Gasteiger partial charge in [0.15, 0.2) is 0 Å². The van der Waals surface area contributed by atoms with E-state index in [2.05, 4.69) is 45.7 Å². The van der Waals surface area contributed by atoms with E-state index in [1.807, 2.05) is 18.2 Å². The maximum atomic E-state index is 5.97. The van der Waals surface area contributed by atoms with E-state index in [1.54, 1.807) is 11.3 Å². The highest BCUT2D eigenvalue weighted by Gasteiger charge is 2.11. The molecule has 1 aromatic carbocycles. The molecule has 90 valence electrons. The van der Waals surface area contributed by atoms with Crippen LogP contribution in [-0.4, -0.2) is 0 Å². The Balaban J connectivity index is 2.21. The van der Waals surface area contributed by atoms with Gasteiger partial charge in [-0.3, -0.25) is 0 Å². The van der Waals surface area contributed by atoms with E-state index in [9.17, 15) is 0 Å². The lowest BCUT2D eigenvalue weighted by molar-refractivity contribution is 0.764. The minimum atomic E-state index is 0.326. The first-order valence-corrected chi connectivity index (χ1v) is 7.23.